The Morgan fingerprint density at radius 1 is 1.52 bits per heavy atom. The van der Waals surface area contributed by atoms with Gasteiger partial charge in [0, 0.05) is 5.56 Å². The average molecular weight is 381 g/mol. The Bertz CT molecular complexity index is 606. The van der Waals surface area contributed by atoms with Crippen molar-refractivity contribution in [2.75, 3.05) is 13.7 Å². The molecule has 1 fully saturated rings. The number of hydrogen-bond acceptors (Lipinski definition) is 3. The SMILES string of the molecule is COc1ccc([C@H](C)[NH2+]CC(=O)NC2(C#N)CCCC2)cc1Br. The lowest BCUT2D eigenvalue weighted by Crippen LogP contribution is -2.87. The van der Waals surface area contributed by atoms with Gasteiger partial charge in [-0.05, 0) is 66.7 Å². The molecule has 124 valence electrons. The molecule has 0 aromatic heterocycles. The van der Waals surface area contributed by atoms with E-state index in [-0.39, 0.29) is 11.9 Å². The van der Waals surface area contributed by atoms with Gasteiger partial charge in [-0.3, -0.25) is 4.79 Å². The highest BCUT2D eigenvalue weighted by atomic mass is 79.9. The number of nitriles is 1. The standard InChI is InChI=1S/C17H22BrN3O2/c1-12(13-5-6-15(23-2)14(18)9-13)20-10-16(22)21-17(11-19)7-3-4-8-17/h5-6,9,12,20H,3-4,7-8,10H2,1-2H3,(H,21,22)/p+1/t12-/m0/s1. The first-order valence-electron chi connectivity index (χ1n) is 7.89. The first kappa shape index (κ1) is 17.8. The second kappa shape index (κ2) is 7.80. The zero-order valence-corrected chi connectivity index (χ0v) is 15.1. The fourth-order valence-electron chi connectivity index (χ4n) is 2.95. The summed E-state index contributed by atoms with van der Waals surface area (Å²) in [5.41, 5.74) is 0.471. The number of halogens is 1. The van der Waals surface area contributed by atoms with Crippen molar-refractivity contribution in [1.82, 2.24) is 5.32 Å². The topological polar surface area (TPSA) is 78.7 Å². The molecule has 0 radical (unpaired) electrons. The van der Waals surface area contributed by atoms with E-state index in [1.165, 1.54) is 0 Å². The van der Waals surface area contributed by atoms with Crippen molar-refractivity contribution in [3.05, 3.63) is 28.2 Å². The first-order valence-corrected chi connectivity index (χ1v) is 8.68. The van der Waals surface area contributed by atoms with Crippen LogP contribution in [0.4, 0.5) is 0 Å². The molecule has 1 aliphatic carbocycles. The van der Waals surface area contributed by atoms with Gasteiger partial charge in [-0.25, -0.2) is 0 Å². The van der Waals surface area contributed by atoms with E-state index in [1.54, 1.807) is 7.11 Å². The van der Waals surface area contributed by atoms with Crippen molar-refractivity contribution in [1.29, 1.82) is 5.26 Å². The molecule has 1 saturated carbocycles. The normalized spacial score (nSPS) is 17.3. The molecule has 1 aromatic rings. The molecule has 3 N–H and O–H groups in total. The van der Waals surface area contributed by atoms with E-state index < -0.39 is 5.54 Å². The van der Waals surface area contributed by atoms with Crippen molar-refractivity contribution in [3.63, 3.8) is 0 Å². The van der Waals surface area contributed by atoms with Gasteiger partial charge in [0.1, 0.15) is 17.3 Å². The molecule has 5 nitrogen and oxygen atoms in total. The molecule has 0 spiro atoms. The third-order valence-electron chi connectivity index (χ3n) is 4.41. The number of nitrogens with zero attached hydrogens (tertiary/aromatic N) is 1. The molecule has 1 amide bonds. The van der Waals surface area contributed by atoms with Crippen LogP contribution in [0, 0.1) is 11.3 Å². The Balaban J connectivity index is 1.88. The van der Waals surface area contributed by atoms with Gasteiger partial charge in [0.2, 0.25) is 0 Å². The van der Waals surface area contributed by atoms with Crippen molar-refractivity contribution in [3.8, 4) is 11.8 Å². The molecule has 6 heteroatoms. The lowest BCUT2D eigenvalue weighted by Gasteiger charge is -2.22. The summed E-state index contributed by atoms with van der Waals surface area (Å²) >= 11 is 3.48. The van der Waals surface area contributed by atoms with E-state index >= 15 is 0 Å². The number of amides is 1. The molecular weight excluding hydrogens is 358 g/mol. The summed E-state index contributed by atoms with van der Waals surface area (Å²) in [4.78, 5) is 12.1. The lowest BCUT2D eigenvalue weighted by molar-refractivity contribution is -0.682. The third-order valence-corrected chi connectivity index (χ3v) is 5.03. The number of methoxy groups -OCH3 is 1. The van der Waals surface area contributed by atoms with E-state index in [0.717, 1.165) is 41.5 Å². The number of hydrogen-bond donors (Lipinski definition) is 2. The Kier molecular flexibility index (Phi) is 6.03. The minimum Gasteiger partial charge on any atom is -0.496 e. The van der Waals surface area contributed by atoms with Crippen molar-refractivity contribution >= 4 is 21.8 Å². The zero-order valence-electron chi connectivity index (χ0n) is 13.6. The highest BCUT2D eigenvalue weighted by molar-refractivity contribution is 9.10. The Morgan fingerprint density at radius 3 is 2.78 bits per heavy atom. The summed E-state index contributed by atoms with van der Waals surface area (Å²) in [6.45, 7) is 2.37. The first-order chi connectivity index (χ1) is 11.0. The van der Waals surface area contributed by atoms with Crippen LogP contribution in [-0.4, -0.2) is 25.1 Å². The van der Waals surface area contributed by atoms with Crippen molar-refractivity contribution < 1.29 is 14.8 Å². The second-order valence-corrected chi connectivity index (χ2v) is 6.93. The molecule has 0 aliphatic heterocycles. The van der Waals surface area contributed by atoms with Crippen LogP contribution < -0.4 is 15.4 Å². The maximum atomic E-state index is 12.1. The summed E-state index contributed by atoms with van der Waals surface area (Å²) in [5, 5.41) is 14.2. The van der Waals surface area contributed by atoms with Gasteiger partial charge in [0.15, 0.2) is 6.54 Å². The number of carbonyl (C=O) groups is 1. The third kappa shape index (κ3) is 4.46. The van der Waals surface area contributed by atoms with Crippen LogP contribution in [0.3, 0.4) is 0 Å². The van der Waals surface area contributed by atoms with E-state index in [2.05, 4.69) is 34.2 Å². The van der Waals surface area contributed by atoms with Crippen LogP contribution in [0.5, 0.6) is 5.75 Å². The van der Waals surface area contributed by atoms with Gasteiger partial charge in [-0.15, -0.1) is 0 Å². The number of ether oxygens (including phenoxy) is 1. The Labute approximate surface area is 145 Å². The predicted molar refractivity (Wildman–Crippen MR) is 90.9 cm³/mol. The van der Waals surface area contributed by atoms with Gasteiger partial charge in [-0.2, -0.15) is 5.26 Å². The van der Waals surface area contributed by atoms with Crippen LogP contribution in [0.25, 0.3) is 0 Å². The molecule has 0 unspecified atom stereocenters. The van der Waals surface area contributed by atoms with Crippen LogP contribution in [0.15, 0.2) is 22.7 Å². The molecule has 2 rings (SSSR count). The van der Waals surface area contributed by atoms with E-state index in [0.29, 0.717) is 6.54 Å². The zero-order chi connectivity index (χ0) is 16.9. The minimum atomic E-state index is -0.642. The number of rotatable bonds is 6. The van der Waals surface area contributed by atoms with Crippen molar-refractivity contribution in [2.45, 2.75) is 44.2 Å². The monoisotopic (exact) mass is 380 g/mol. The number of carbonyl (C=O) groups excluding carboxylic acids is 1. The van der Waals surface area contributed by atoms with Gasteiger partial charge in [0.05, 0.1) is 17.7 Å². The maximum Gasteiger partial charge on any atom is 0.276 e. The quantitative estimate of drug-likeness (QED) is 0.792. The maximum absolute atomic E-state index is 12.1. The van der Waals surface area contributed by atoms with Crippen LogP contribution in [-0.2, 0) is 4.79 Å². The lowest BCUT2D eigenvalue weighted by atomic mass is 10.00. The minimum absolute atomic E-state index is 0.0760. The highest BCUT2D eigenvalue weighted by Gasteiger charge is 2.35. The Morgan fingerprint density at radius 2 is 2.22 bits per heavy atom. The average Bonchev–Trinajstić information content (AvgIpc) is 3.01. The smallest absolute Gasteiger partial charge is 0.276 e. The fraction of sp³-hybridized carbons (Fsp3) is 0.529. The van der Waals surface area contributed by atoms with Crippen molar-refractivity contribution in [2.24, 2.45) is 0 Å². The summed E-state index contributed by atoms with van der Waals surface area (Å²) in [6.07, 6.45) is 3.54. The van der Waals surface area contributed by atoms with Crippen LogP contribution >= 0.6 is 15.9 Å². The molecule has 1 aliphatic rings. The van der Waals surface area contributed by atoms with Gasteiger partial charge >= 0.3 is 0 Å². The molecular formula is C17H23BrN3O2+. The fourth-order valence-corrected chi connectivity index (χ4v) is 3.51. The summed E-state index contributed by atoms with van der Waals surface area (Å²) in [6, 6.07) is 8.34. The molecule has 0 bridgehead atoms. The van der Waals surface area contributed by atoms with E-state index in [4.69, 9.17) is 4.74 Å². The summed E-state index contributed by atoms with van der Waals surface area (Å²) in [7, 11) is 1.63. The van der Waals surface area contributed by atoms with Gasteiger partial charge < -0.3 is 15.4 Å². The molecule has 1 aromatic carbocycles. The molecule has 0 heterocycles. The summed E-state index contributed by atoms with van der Waals surface area (Å²) in [5.74, 6) is 0.712. The summed E-state index contributed by atoms with van der Waals surface area (Å²) < 4.78 is 6.12. The van der Waals surface area contributed by atoms with Gasteiger partial charge in [0.25, 0.3) is 5.91 Å². The predicted octanol–water partition coefficient (Wildman–Crippen LogP) is 2.03. The number of benzene rings is 1. The molecule has 0 saturated heterocycles. The van der Waals surface area contributed by atoms with Crippen LogP contribution in [0.2, 0.25) is 0 Å². The number of nitrogens with two attached hydrogens (primary N) is 1. The highest BCUT2D eigenvalue weighted by Crippen LogP contribution is 2.29. The molecule has 23 heavy (non-hydrogen) atoms. The number of nitrogens with one attached hydrogen (secondary N) is 1. The second-order valence-electron chi connectivity index (χ2n) is 6.07. The Hall–Kier alpha value is -1.58. The van der Waals surface area contributed by atoms with E-state index in [9.17, 15) is 10.1 Å². The van der Waals surface area contributed by atoms with Crippen LogP contribution in [0.1, 0.15) is 44.2 Å². The van der Waals surface area contributed by atoms with Gasteiger partial charge in [-0.1, -0.05) is 0 Å². The van der Waals surface area contributed by atoms with E-state index in [1.807, 2.05) is 23.5 Å². The number of quaternary nitrogens is 1. The largest absolute Gasteiger partial charge is 0.496 e. The molecule has 1 atom stereocenters.